The zero-order valence-electron chi connectivity index (χ0n) is 9.91. The van der Waals surface area contributed by atoms with Crippen molar-refractivity contribution in [3.63, 3.8) is 0 Å². The lowest BCUT2D eigenvalue weighted by molar-refractivity contribution is 0.00506. The van der Waals surface area contributed by atoms with Crippen molar-refractivity contribution in [3.8, 4) is 0 Å². The molecule has 0 spiro atoms. The van der Waals surface area contributed by atoms with E-state index in [1.165, 1.54) is 0 Å². The minimum atomic E-state index is -2.33. The first kappa shape index (κ1) is 13.8. The molecule has 2 aliphatic carbocycles. The van der Waals surface area contributed by atoms with Gasteiger partial charge >= 0.3 is 0 Å². The largest absolute Gasteiger partial charge is 0.248 e. The molecule has 0 N–H and O–H groups in total. The molecular formula is C12H20F4. The van der Waals surface area contributed by atoms with Gasteiger partial charge in [-0.05, 0) is 24.7 Å². The number of alkyl halides is 4. The Morgan fingerprint density at radius 2 is 1.06 bits per heavy atom. The average Bonchev–Trinajstić information content (AvgIpc) is 2.56. The highest BCUT2D eigenvalue weighted by Gasteiger charge is 2.37. The summed E-state index contributed by atoms with van der Waals surface area (Å²) in [6.07, 6.45) is 1.82. The summed E-state index contributed by atoms with van der Waals surface area (Å²) in [5.74, 6) is -4.19. The Labute approximate surface area is 94.4 Å². The fourth-order valence-electron chi connectivity index (χ4n) is 2.34. The lowest BCUT2D eigenvalue weighted by Gasteiger charge is -2.04. The molecule has 0 aromatic heterocycles. The van der Waals surface area contributed by atoms with E-state index in [4.69, 9.17) is 0 Å². The SMILES string of the molecule is C[C@@H]1CCC(F)(F)C1.C[C@H]1CCC(F)(F)C1. The molecule has 0 heterocycles. The highest BCUT2D eigenvalue weighted by Crippen LogP contribution is 2.38. The van der Waals surface area contributed by atoms with Gasteiger partial charge in [0.2, 0.25) is 11.8 Å². The minimum absolute atomic E-state index is 0.104. The molecule has 2 saturated carbocycles. The maximum Gasteiger partial charge on any atom is 0.248 e. The van der Waals surface area contributed by atoms with E-state index in [1.807, 2.05) is 13.8 Å². The molecule has 2 aliphatic rings. The van der Waals surface area contributed by atoms with Crippen LogP contribution in [-0.4, -0.2) is 11.8 Å². The molecule has 0 bridgehead atoms. The van der Waals surface area contributed by atoms with Crippen LogP contribution in [0, 0.1) is 11.8 Å². The van der Waals surface area contributed by atoms with E-state index in [2.05, 4.69) is 0 Å². The fraction of sp³-hybridized carbons (Fsp3) is 1.00. The second-order valence-electron chi connectivity index (χ2n) is 5.41. The molecular weight excluding hydrogens is 220 g/mol. The van der Waals surface area contributed by atoms with Gasteiger partial charge in [-0.25, -0.2) is 17.6 Å². The van der Waals surface area contributed by atoms with Crippen molar-refractivity contribution in [1.82, 2.24) is 0 Å². The van der Waals surface area contributed by atoms with Gasteiger partial charge in [-0.1, -0.05) is 13.8 Å². The Morgan fingerprint density at radius 3 is 1.12 bits per heavy atom. The van der Waals surface area contributed by atoms with E-state index in [9.17, 15) is 17.6 Å². The minimum Gasteiger partial charge on any atom is -0.207 e. The van der Waals surface area contributed by atoms with Crippen molar-refractivity contribution in [1.29, 1.82) is 0 Å². The second-order valence-corrected chi connectivity index (χ2v) is 5.41. The quantitative estimate of drug-likeness (QED) is 0.529. The third kappa shape index (κ3) is 4.71. The van der Waals surface area contributed by atoms with Crippen LogP contribution in [0.5, 0.6) is 0 Å². The normalized spacial score (nSPS) is 35.6. The van der Waals surface area contributed by atoms with Crippen LogP contribution in [0.4, 0.5) is 17.6 Å². The van der Waals surface area contributed by atoms with Crippen LogP contribution in [0.1, 0.15) is 52.4 Å². The summed E-state index contributed by atoms with van der Waals surface area (Å²) in [5, 5.41) is 0. The number of rotatable bonds is 0. The average molecular weight is 240 g/mol. The highest BCUT2D eigenvalue weighted by molar-refractivity contribution is 4.78. The predicted molar refractivity (Wildman–Crippen MR) is 55.9 cm³/mol. The molecule has 0 aromatic carbocycles. The first-order valence-electron chi connectivity index (χ1n) is 5.96. The molecule has 4 heteroatoms. The molecule has 0 aromatic rings. The molecule has 2 rings (SSSR count). The van der Waals surface area contributed by atoms with Gasteiger partial charge in [-0.15, -0.1) is 0 Å². The summed E-state index contributed by atoms with van der Waals surface area (Å²) in [6, 6.07) is 0. The fourth-order valence-corrected chi connectivity index (χ4v) is 2.34. The van der Waals surface area contributed by atoms with Crippen LogP contribution >= 0.6 is 0 Å². The first-order valence-corrected chi connectivity index (χ1v) is 5.96. The van der Waals surface area contributed by atoms with Crippen molar-refractivity contribution in [3.05, 3.63) is 0 Å². The molecule has 0 saturated heterocycles. The lowest BCUT2D eigenvalue weighted by atomic mass is 10.1. The van der Waals surface area contributed by atoms with Crippen LogP contribution < -0.4 is 0 Å². The van der Waals surface area contributed by atoms with Crippen molar-refractivity contribution >= 4 is 0 Å². The summed E-state index contributed by atoms with van der Waals surface area (Å²) in [5.41, 5.74) is 0. The first-order chi connectivity index (χ1) is 7.20. The van der Waals surface area contributed by atoms with Crippen LogP contribution in [-0.2, 0) is 0 Å². The Hall–Kier alpha value is -0.280. The topological polar surface area (TPSA) is 0 Å². The van der Waals surface area contributed by atoms with Crippen LogP contribution in [0.3, 0.4) is 0 Å². The molecule has 0 radical (unpaired) electrons. The molecule has 16 heavy (non-hydrogen) atoms. The van der Waals surface area contributed by atoms with Gasteiger partial charge in [-0.2, -0.15) is 0 Å². The number of hydrogen-bond donors (Lipinski definition) is 0. The van der Waals surface area contributed by atoms with Crippen molar-refractivity contribution in [2.75, 3.05) is 0 Å². The predicted octanol–water partition coefficient (Wildman–Crippen LogP) is 4.88. The molecule has 0 aliphatic heterocycles. The van der Waals surface area contributed by atoms with E-state index in [0.717, 1.165) is 0 Å². The lowest BCUT2D eigenvalue weighted by Crippen LogP contribution is -2.08. The van der Waals surface area contributed by atoms with E-state index >= 15 is 0 Å². The summed E-state index contributed by atoms with van der Waals surface area (Å²) < 4.78 is 48.8. The zero-order valence-corrected chi connectivity index (χ0v) is 9.91. The third-order valence-corrected chi connectivity index (χ3v) is 3.30. The summed E-state index contributed by atoms with van der Waals surface area (Å²) in [6.45, 7) is 3.75. The number of hydrogen-bond acceptors (Lipinski definition) is 0. The van der Waals surface area contributed by atoms with Gasteiger partial charge in [0.05, 0.1) is 0 Å². The monoisotopic (exact) mass is 240 g/mol. The zero-order chi connectivity index (χ0) is 12.4. The van der Waals surface area contributed by atoms with Crippen molar-refractivity contribution in [2.24, 2.45) is 11.8 Å². The molecule has 96 valence electrons. The van der Waals surface area contributed by atoms with Crippen molar-refractivity contribution in [2.45, 2.75) is 64.2 Å². The van der Waals surface area contributed by atoms with Gasteiger partial charge < -0.3 is 0 Å². The Kier molecular flexibility index (Phi) is 4.24. The van der Waals surface area contributed by atoms with Crippen LogP contribution in [0.15, 0.2) is 0 Å². The Morgan fingerprint density at radius 1 is 0.750 bits per heavy atom. The van der Waals surface area contributed by atoms with Gasteiger partial charge in [0, 0.05) is 25.7 Å². The molecule has 2 atom stereocenters. The van der Waals surface area contributed by atoms with Gasteiger partial charge in [0.25, 0.3) is 0 Å². The van der Waals surface area contributed by atoms with Gasteiger partial charge in [0.1, 0.15) is 0 Å². The van der Waals surface area contributed by atoms with Gasteiger partial charge in [-0.3, -0.25) is 0 Å². The smallest absolute Gasteiger partial charge is 0.207 e. The molecule has 0 nitrogen and oxygen atoms in total. The van der Waals surface area contributed by atoms with E-state index in [1.54, 1.807) is 0 Å². The Balaban J connectivity index is 0.000000160. The summed E-state index contributed by atoms with van der Waals surface area (Å²) in [4.78, 5) is 0. The molecule has 2 fully saturated rings. The van der Waals surface area contributed by atoms with Crippen LogP contribution in [0.25, 0.3) is 0 Å². The van der Waals surface area contributed by atoms with Crippen molar-refractivity contribution < 1.29 is 17.6 Å². The van der Waals surface area contributed by atoms with Crippen LogP contribution in [0.2, 0.25) is 0 Å². The standard InChI is InChI=1S/2C6H10F2/c2*1-5-2-3-6(7,8)4-5/h2*5H,2-4H2,1H3/t2*5-/m10/s1. The van der Waals surface area contributed by atoms with E-state index < -0.39 is 11.8 Å². The Bertz CT molecular complexity index is 201. The maximum atomic E-state index is 12.2. The second kappa shape index (κ2) is 4.92. The molecule has 0 unspecified atom stereocenters. The van der Waals surface area contributed by atoms with E-state index in [-0.39, 0.29) is 37.5 Å². The summed E-state index contributed by atoms with van der Waals surface area (Å²) in [7, 11) is 0. The molecule has 0 amide bonds. The highest BCUT2D eigenvalue weighted by atomic mass is 19.3. The summed E-state index contributed by atoms with van der Waals surface area (Å²) >= 11 is 0. The number of halogens is 4. The third-order valence-electron chi connectivity index (χ3n) is 3.30. The maximum absolute atomic E-state index is 12.2. The van der Waals surface area contributed by atoms with E-state index in [0.29, 0.717) is 12.8 Å². The van der Waals surface area contributed by atoms with Gasteiger partial charge in [0.15, 0.2) is 0 Å².